The Morgan fingerprint density at radius 1 is 1.32 bits per heavy atom. The van der Waals surface area contributed by atoms with E-state index in [0.717, 1.165) is 16.9 Å². The molecule has 0 bridgehead atoms. The van der Waals surface area contributed by atoms with Crippen molar-refractivity contribution in [2.75, 3.05) is 5.32 Å². The number of benzene rings is 1. The minimum Gasteiger partial charge on any atom is -0.480 e. The number of carboxylic acid groups (broad SMARTS) is 1. The second-order valence-corrected chi connectivity index (χ2v) is 3.61. The van der Waals surface area contributed by atoms with E-state index in [4.69, 9.17) is 5.11 Å². The molecule has 0 aliphatic carbocycles. The molecule has 1 aromatic carbocycles. The van der Waals surface area contributed by atoms with E-state index in [1.807, 2.05) is 0 Å². The lowest BCUT2D eigenvalue weighted by molar-refractivity contribution is -0.138. The van der Waals surface area contributed by atoms with Crippen molar-refractivity contribution in [1.29, 1.82) is 0 Å². The molecular formula is C11H9FN4O3. The molecule has 0 radical (unpaired) electrons. The van der Waals surface area contributed by atoms with E-state index in [2.05, 4.69) is 15.5 Å². The Bertz CT molecular complexity index is 609. The predicted octanol–water partition coefficient (Wildman–Crippen LogP) is 0.754. The van der Waals surface area contributed by atoms with E-state index in [9.17, 15) is 14.0 Å². The van der Waals surface area contributed by atoms with Crippen LogP contribution in [0.5, 0.6) is 0 Å². The monoisotopic (exact) mass is 264 g/mol. The van der Waals surface area contributed by atoms with Crippen molar-refractivity contribution in [2.45, 2.75) is 6.54 Å². The second kappa shape index (κ2) is 5.25. The van der Waals surface area contributed by atoms with Crippen molar-refractivity contribution >= 4 is 17.7 Å². The molecule has 19 heavy (non-hydrogen) atoms. The molecule has 0 saturated heterocycles. The SMILES string of the molecule is O=C(O)Cn1ncc(NC(=O)c2ccc(F)cc2)n1. The molecule has 0 saturated carbocycles. The van der Waals surface area contributed by atoms with Gasteiger partial charge in [0.05, 0.1) is 6.20 Å². The van der Waals surface area contributed by atoms with Crippen molar-refractivity contribution in [1.82, 2.24) is 15.0 Å². The number of rotatable bonds is 4. The van der Waals surface area contributed by atoms with Gasteiger partial charge >= 0.3 is 5.97 Å². The Labute approximate surface area is 106 Å². The maximum atomic E-state index is 12.7. The van der Waals surface area contributed by atoms with Crippen LogP contribution in [-0.4, -0.2) is 32.0 Å². The van der Waals surface area contributed by atoms with E-state index in [1.54, 1.807) is 0 Å². The number of amides is 1. The van der Waals surface area contributed by atoms with Gasteiger partial charge in [0.1, 0.15) is 5.82 Å². The van der Waals surface area contributed by atoms with Crippen molar-refractivity contribution in [2.24, 2.45) is 0 Å². The van der Waals surface area contributed by atoms with Gasteiger partial charge in [-0.15, -0.1) is 5.10 Å². The number of aromatic nitrogens is 3. The maximum absolute atomic E-state index is 12.7. The van der Waals surface area contributed by atoms with Crippen LogP contribution >= 0.6 is 0 Å². The Hall–Kier alpha value is -2.77. The zero-order valence-corrected chi connectivity index (χ0v) is 9.58. The molecule has 8 heteroatoms. The number of carbonyl (C=O) groups is 2. The van der Waals surface area contributed by atoms with Crippen LogP contribution in [0.15, 0.2) is 30.5 Å². The topological polar surface area (TPSA) is 97.1 Å². The third-order valence-electron chi connectivity index (χ3n) is 2.16. The summed E-state index contributed by atoms with van der Waals surface area (Å²) in [5.41, 5.74) is 0.259. The van der Waals surface area contributed by atoms with Crippen LogP contribution in [0.1, 0.15) is 10.4 Å². The first kappa shape index (κ1) is 12.7. The largest absolute Gasteiger partial charge is 0.480 e. The molecule has 7 nitrogen and oxygen atoms in total. The highest BCUT2D eigenvalue weighted by Crippen LogP contribution is 2.06. The summed E-state index contributed by atoms with van der Waals surface area (Å²) in [6.07, 6.45) is 1.23. The van der Waals surface area contributed by atoms with Gasteiger partial charge in [0.25, 0.3) is 5.91 Å². The van der Waals surface area contributed by atoms with Gasteiger partial charge < -0.3 is 10.4 Å². The summed E-state index contributed by atoms with van der Waals surface area (Å²) < 4.78 is 12.7. The number of hydrogen-bond donors (Lipinski definition) is 2. The smallest absolute Gasteiger partial charge is 0.327 e. The Balaban J connectivity index is 2.04. The van der Waals surface area contributed by atoms with Gasteiger partial charge in [0.15, 0.2) is 12.4 Å². The molecule has 1 amide bonds. The number of halogens is 1. The van der Waals surface area contributed by atoms with E-state index in [0.29, 0.717) is 0 Å². The molecule has 1 aromatic heterocycles. The van der Waals surface area contributed by atoms with Crippen LogP contribution in [0.2, 0.25) is 0 Å². The number of anilines is 1. The van der Waals surface area contributed by atoms with E-state index >= 15 is 0 Å². The number of nitrogens with one attached hydrogen (secondary N) is 1. The summed E-state index contributed by atoms with van der Waals surface area (Å²) in [7, 11) is 0. The van der Waals surface area contributed by atoms with Crippen molar-refractivity contribution < 1.29 is 19.1 Å². The van der Waals surface area contributed by atoms with Crippen molar-refractivity contribution in [3.63, 3.8) is 0 Å². The molecule has 0 unspecified atom stereocenters. The summed E-state index contributed by atoms with van der Waals surface area (Å²) in [5.74, 6) is -1.89. The fourth-order valence-corrected chi connectivity index (χ4v) is 1.34. The minimum atomic E-state index is -1.09. The molecule has 0 aliphatic heterocycles. The first-order valence-corrected chi connectivity index (χ1v) is 5.23. The second-order valence-electron chi connectivity index (χ2n) is 3.61. The number of nitrogens with zero attached hydrogens (tertiary/aromatic N) is 3. The zero-order valence-electron chi connectivity index (χ0n) is 9.58. The minimum absolute atomic E-state index is 0.121. The molecule has 0 atom stereocenters. The first-order chi connectivity index (χ1) is 9.04. The number of aliphatic carboxylic acids is 1. The van der Waals surface area contributed by atoms with Crippen LogP contribution in [0, 0.1) is 5.82 Å². The van der Waals surface area contributed by atoms with Crippen LogP contribution in [0.4, 0.5) is 10.2 Å². The third kappa shape index (κ3) is 3.35. The highest BCUT2D eigenvalue weighted by Gasteiger charge is 2.09. The summed E-state index contributed by atoms with van der Waals surface area (Å²) in [6, 6.07) is 4.98. The van der Waals surface area contributed by atoms with Gasteiger partial charge in [-0.2, -0.15) is 9.90 Å². The Kier molecular flexibility index (Phi) is 3.51. The average molecular weight is 264 g/mol. The maximum Gasteiger partial charge on any atom is 0.327 e. The molecular weight excluding hydrogens is 255 g/mol. The van der Waals surface area contributed by atoms with Crippen LogP contribution in [0.3, 0.4) is 0 Å². The lowest BCUT2D eigenvalue weighted by Crippen LogP contribution is -2.14. The summed E-state index contributed by atoms with van der Waals surface area (Å²) in [6.45, 7) is -0.396. The lowest BCUT2D eigenvalue weighted by atomic mass is 10.2. The molecule has 98 valence electrons. The first-order valence-electron chi connectivity index (χ1n) is 5.23. The molecule has 2 rings (SSSR count). The standard InChI is InChI=1S/C11H9FN4O3/c12-8-3-1-7(2-4-8)11(19)14-9-5-13-16(15-9)6-10(17)18/h1-5H,6H2,(H,17,18)(H,14,15,19). The van der Waals surface area contributed by atoms with Gasteiger partial charge in [0.2, 0.25) is 0 Å². The lowest BCUT2D eigenvalue weighted by Gasteiger charge is -2.01. The molecule has 2 aromatic rings. The van der Waals surface area contributed by atoms with Crippen LogP contribution < -0.4 is 5.32 Å². The number of hydrogen-bond acceptors (Lipinski definition) is 4. The third-order valence-corrected chi connectivity index (χ3v) is 2.16. The molecule has 0 spiro atoms. The van der Waals surface area contributed by atoms with E-state index in [-0.39, 0.29) is 11.4 Å². The van der Waals surface area contributed by atoms with Crippen molar-refractivity contribution in [3.8, 4) is 0 Å². The average Bonchev–Trinajstić information content (AvgIpc) is 2.76. The number of carboxylic acids is 1. The van der Waals surface area contributed by atoms with Crippen LogP contribution in [0.25, 0.3) is 0 Å². The highest BCUT2D eigenvalue weighted by atomic mass is 19.1. The molecule has 2 N–H and O–H groups in total. The van der Waals surface area contributed by atoms with E-state index < -0.39 is 24.2 Å². The quantitative estimate of drug-likeness (QED) is 0.849. The van der Waals surface area contributed by atoms with Gasteiger partial charge in [-0.05, 0) is 24.3 Å². The van der Waals surface area contributed by atoms with Gasteiger partial charge in [-0.3, -0.25) is 9.59 Å². The zero-order chi connectivity index (χ0) is 13.8. The fourth-order valence-electron chi connectivity index (χ4n) is 1.34. The normalized spacial score (nSPS) is 10.2. The fraction of sp³-hybridized carbons (Fsp3) is 0.0909. The molecule has 0 aliphatic rings. The Morgan fingerprint density at radius 2 is 2.00 bits per heavy atom. The van der Waals surface area contributed by atoms with Crippen LogP contribution in [-0.2, 0) is 11.3 Å². The highest BCUT2D eigenvalue weighted by molar-refractivity contribution is 6.03. The summed E-state index contributed by atoms with van der Waals surface area (Å²) in [5, 5.41) is 18.4. The molecule has 1 heterocycles. The number of carbonyl (C=O) groups excluding carboxylic acids is 1. The van der Waals surface area contributed by atoms with Gasteiger partial charge in [-0.25, -0.2) is 4.39 Å². The summed E-state index contributed by atoms with van der Waals surface area (Å²) >= 11 is 0. The predicted molar refractivity (Wildman–Crippen MR) is 62.0 cm³/mol. The van der Waals surface area contributed by atoms with Crippen molar-refractivity contribution in [3.05, 3.63) is 41.8 Å². The molecule has 0 fully saturated rings. The van der Waals surface area contributed by atoms with Gasteiger partial charge in [0, 0.05) is 5.56 Å². The summed E-state index contributed by atoms with van der Waals surface area (Å²) in [4.78, 5) is 23.1. The Morgan fingerprint density at radius 3 is 2.63 bits per heavy atom. The van der Waals surface area contributed by atoms with Gasteiger partial charge in [-0.1, -0.05) is 0 Å². The van der Waals surface area contributed by atoms with E-state index in [1.165, 1.54) is 18.3 Å².